The van der Waals surface area contributed by atoms with Crippen molar-refractivity contribution in [1.29, 1.82) is 0 Å². The van der Waals surface area contributed by atoms with Crippen molar-refractivity contribution in [3.63, 3.8) is 0 Å². The molecule has 5 nitrogen and oxygen atoms in total. The summed E-state index contributed by atoms with van der Waals surface area (Å²) in [7, 11) is 0. The van der Waals surface area contributed by atoms with Crippen LogP contribution in [-0.4, -0.2) is 27.1 Å². The van der Waals surface area contributed by atoms with Gasteiger partial charge in [-0.25, -0.2) is 14.8 Å². The number of hydrogen-bond acceptors (Lipinski definition) is 5. The number of carboxylic acid groups (broad SMARTS) is 1. The van der Waals surface area contributed by atoms with Crippen molar-refractivity contribution in [3.8, 4) is 11.1 Å². The first kappa shape index (κ1) is 18.3. The summed E-state index contributed by atoms with van der Waals surface area (Å²) in [6, 6.07) is 5.63. The number of nitrogens with zero attached hydrogens (tertiary/aromatic N) is 2. The fraction of sp³-hybridized carbons (Fsp3) is 0.350. The quantitative estimate of drug-likeness (QED) is 0.675. The van der Waals surface area contributed by atoms with E-state index in [4.69, 9.17) is 0 Å². The summed E-state index contributed by atoms with van der Waals surface area (Å²) in [6.07, 6.45) is 0. The monoisotopic (exact) mass is 369 g/mol. The lowest BCUT2D eigenvalue weighted by molar-refractivity contribution is -0.138. The molecule has 2 heterocycles. The average Bonchev–Trinajstić information content (AvgIpc) is 2.98. The highest BCUT2D eigenvalue weighted by Gasteiger charge is 2.24. The average molecular weight is 369 g/mol. The van der Waals surface area contributed by atoms with Crippen molar-refractivity contribution in [2.24, 2.45) is 5.92 Å². The van der Waals surface area contributed by atoms with Crippen molar-refractivity contribution in [3.05, 3.63) is 40.5 Å². The Morgan fingerprint density at radius 2 is 1.88 bits per heavy atom. The third-order valence-corrected chi connectivity index (χ3v) is 5.46. The molecule has 3 aromatic rings. The molecule has 2 N–H and O–H groups in total. The second-order valence-electron chi connectivity index (χ2n) is 6.95. The van der Waals surface area contributed by atoms with Crippen molar-refractivity contribution in [2.75, 3.05) is 5.32 Å². The van der Waals surface area contributed by atoms with Crippen LogP contribution in [0, 0.1) is 26.7 Å². The van der Waals surface area contributed by atoms with Crippen molar-refractivity contribution >= 4 is 33.3 Å². The van der Waals surface area contributed by atoms with Crippen LogP contribution in [0.25, 0.3) is 21.3 Å². The zero-order chi connectivity index (χ0) is 19.0. The van der Waals surface area contributed by atoms with Crippen molar-refractivity contribution < 1.29 is 9.90 Å². The number of benzene rings is 1. The maximum Gasteiger partial charge on any atom is 0.326 e. The number of carbonyl (C=O) groups is 1. The third kappa shape index (κ3) is 3.42. The Balaban J connectivity index is 2.18. The summed E-state index contributed by atoms with van der Waals surface area (Å²) in [5.41, 5.74) is 4.58. The standard InChI is InChI=1S/C20H23N3O2S/c1-10(2)17(20(24)25)23-18-16-15(9-26-19(16)22-13(5)21-18)14-7-6-11(3)12(4)8-14/h6-10,17H,1-5H3,(H,24,25)(H,21,22,23). The molecule has 0 fully saturated rings. The van der Waals surface area contributed by atoms with E-state index in [2.05, 4.69) is 52.7 Å². The largest absolute Gasteiger partial charge is 0.480 e. The predicted octanol–water partition coefficient (Wildman–Crippen LogP) is 4.80. The fourth-order valence-corrected chi connectivity index (χ4v) is 3.93. The predicted molar refractivity (Wildman–Crippen MR) is 107 cm³/mol. The summed E-state index contributed by atoms with van der Waals surface area (Å²) in [4.78, 5) is 21.6. The van der Waals surface area contributed by atoms with Crippen molar-refractivity contribution in [2.45, 2.75) is 40.7 Å². The van der Waals surface area contributed by atoms with Gasteiger partial charge in [0, 0.05) is 10.9 Å². The smallest absolute Gasteiger partial charge is 0.326 e. The van der Waals surface area contributed by atoms with E-state index in [0.29, 0.717) is 11.6 Å². The molecule has 136 valence electrons. The first-order chi connectivity index (χ1) is 12.3. The Morgan fingerprint density at radius 1 is 1.15 bits per heavy atom. The maximum atomic E-state index is 11.6. The van der Waals surface area contributed by atoms with E-state index in [0.717, 1.165) is 21.3 Å². The van der Waals surface area contributed by atoms with Crippen LogP contribution in [0.5, 0.6) is 0 Å². The topological polar surface area (TPSA) is 75.1 Å². The molecule has 3 rings (SSSR count). The van der Waals surface area contributed by atoms with Gasteiger partial charge in [0.15, 0.2) is 0 Å². The molecule has 26 heavy (non-hydrogen) atoms. The number of aryl methyl sites for hydroxylation is 3. The van der Waals surface area contributed by atoms with E-state index in [1.165, 1.54) is 11.1 Å². The number of hydrogen-bond donors (Lipinski definition) is 2. The maximum absolute atomic E-state index is 11.6. The number of fused-ring (bicyclic) bond motifs is 1. The summed E-state index contributed by atoms with van der Waals surface area (Å²) in [5.74, 6) is 0.262. The van der Waals surface area contributed by atoms with Crippen LogP contribution in [0.15, 0.2) is 23.6 Å². The van der Waals surface area contributed by atoms with E-state index < -0.39 is 12.0 Å². The molecule has 0 saturated heterocycles. The molecular weight excluding hydrogens is 346 g/mol. The number of nitrogens with one attached hydrogen (secondary N) is 1. The van der Waals surface area contributed by atoms with Gasteiger partial charge in [0.05, 0.1) is 5.39 Å². The molecule has 6 heteroatoms. The number of carboxylic acids is 1. The number of aromatic nitrogens is 2. The molecule has 0 amide bonds. The number of aliphatic carboxylic acids is 1. The van der Waals surface area contributed by atoms with Gasteiger partial charge in [-0.05, 0) is 43.4 Å². The fourth-order valence-electron chi connectivity index (χ4n) is 2.94. The molecule has 1 atom stereocenters. The highest BCUT2D eigenvalue weighted by Crippen LogP contribution is 2.38. The van der Waals surface area contributed by atoms with Gasteiger partial charge < -0.3 is 10.4 Å². The number of anilines is 1. The second-order valence-corrected chi connectivity index (χ2v) is 7.81. The molecule has 0 saturated carbocycles. The lowest BCUT2D eigenvalue weighted by atomic mass is 10.00. The second kappa shape index (κ2) is 7.03. The Labute approximate surface area is 157 Å². The molecule has 1 unspecified atom stereocenters. The molecule has 0 bridgehead atoms. The third-order valence-electron chi connectivity index (χ3n) is 4.59. The zero-order valence-electron chi connectivity index (χ0n) is 15.6. The summed E-state index contributed by atoms with van der Waals surface area (Å²) >= 11 is 1.55. The minimum atomic E-state index is -0.882. The lowest BCUT2D eigenvalue weighted by Crippen LogP contribution is -2.34. The Kier molecular flexibility index (Phi) is 4.96. The molecule has 1 aromatic carbocycles. The first-order valence-corrected chi connectivity index (χ1v) is 9.48. The number of thiophene rings is 1. The van der Waals surface area contributed by atoms with Gasteiger partial charge in [-0.2, -0.15) is 0 Å². The van der Waals surface area contributed by atoms with Crippen LogP contribution in [0.4, 0.5) is 5.82 Å². The van der Waals surface area contributed by atoms with Gasteiger partial charge in [-0.3, -0.25) is 0 Å². The van der Waals surface area contributed by atoms with Gasteiger partial charge >= 0.3 is 5.97 Å². The summed E-state index contributed by atoms with van der Waals surface area (Å²) in [5, 5.41) is 15.6. The van der Waals surface area contributed by atoms with Gasteiger partial charge in [0.1, 0.15) is 22.5 Å². The molecule has 0 radical (unpaired) electrons. The van der Waals surface area contributed by atoms with Gasteiger partial charge in [0.25, 0.3) is 0 Å². The van der Waals surface area contributed by atoms with Crippen LogP contribution in [0.2, 0.25) is 0 Å². The van der Waals surface area contributed by atoms with Crippen LogP contribution < -0.4 is 5.32 Å². The minimum Gasteiger partial charge on any atom is -0.480 e. The van der Waals surface area contributed by atoms with Gasteiger partial charge in [0.2, 0.25) is 0 Å². The number of rotatable bonds is 5. The van der Waals surface area contributed by atoms with E-state index >= 15 is 0 Å². The first-order valence-electron chi connectivity index (χ1n) is 8.60. The van der Waals surface area contributed by atoms with Gasteiger partial charge in [-0.15, -0.1) is 11.3 Å². The Bertz CT molecular complexity index is 979. The van der Waals surface area contributed by atoms with Crippen LogP contribution in [0.1, 0.15) is 30.8 Å². The lowest BCUT2D eigenvalue weighted by Gasteiger charge is -2.19. The summed E-state index contributed by atoms with van der Waals surface area (Å²) < 4.78 is 0. The molecule has 2 aromatic heterocycles. The molecule has 0 aliphatic carbocycles. The van der Waals surface area contributed by atoms with Crippen LogP contribution in [0.3, 0.4) is 0 Å². The van der Waals surface area contributed by atoms with Crippen molar-refractivity contribution in [1.82, 2.24) is 9.97 Å². The van der Waals surface area contributed by atoms with Crippen LogP contribution >= 0.6 is 11.3 Å². The normalized spacial score (nSPS) is 12.5. The van der Waals surface area contributed by atoms with Crippen LogP contribution in [-0.2, 0) is 4.79 Å². The zero-order valence-corrected chi connectivity index (χ0v) is 16.4. The van der Waals surface area contributed by atoms with E-state index in [1.807, 2.05) is 20.8 Å². The van der Waals surface area contributed by atoms with E-state index in [-0.39, 0.29) is 5.92 Å². The molecule has 0 aliphatic heterocycles. The Hall–Kier alpha value is -2.47. The molecule has 0 aliphatic rings. The molecule has 0 spiro atoms. The SMILES string of the molecule is Cc1nc(NC(C(=O)O)C(C)C)c2c(-c3ccc(C)c(C)c3)csc2n1. The van der Waals surface area contributed by atoms with E-state index in [9.17, 15) is 9.90 Å². The highest BCUT2D eigenvalue weighted by molar-refractivity contribution is 7.17. The summed E-state index contributed by atoms with van der Waals surface area (Å²) in [6.45, 7) is 9.77. The highest BCUT2D eigenvalue weighted by atomic mass is 32.1. The van der Waals surface area contributed by atoms with Gasteiger partial charge in [-0.1, -0.05) is 32.0 Å². The molecular formula is C20H23N3O2S. The van der Waals surface area contributed by atoms with E-state index in [1.54, 1.807) is 11.3 Å². The minimum absolute atomic E-state index is 0.0680. The Morgan fingerprint density at radius 3 is 2.50 bits per heavy atom.